The van der Waals surface area contributed by atoms with E-state index in [0.717, 1.165) is 45.1 Å². The minimum absolute atomic E-state index is 0.166. The lowest BCUT2D eigenvalue weighted by Crippen LogP contribution is -2.42. The fourth-order valence-corrected chi connectivity index (χ4v) is 3.11. The average molecular weight is 304 g/mol. The van der Waals surface area contributed by atoms with Crippen molar-refractivity contribution in [2.24, 2.45) is 5.92 Å². The van der Waals surface area contributed by atoms with E-state index in [1.807, 2.05) is 30.3 Å². The van der Waals surface area contributed by atoms with Gasteiger partial charge in [-0.25, -0.2) is 4.79 Å². The van der Waals surface area contributed by atoms with E-state index in [1.54, 1.807) is 4.90 Å². The molecule has 0 spiro atoms. The van der Waals surface area contributed by atoms with Crippen LogP contribution in [0.2, 0.25) is 0 Å². The average Bonchev–Trinajstić information content (AvgIpc) is 2.98. The van der Waals surface area contributed by atoms with Gasteiger partial charge in [-0.3, -0.25) is 0 Å². The van der Waals surface area contributed by atoms with E-state index in [4.69, 9.17) is 9.47 Å². The first-order valence-electron chi connectivity index (χ1n) is 8.13. The fourth-order valence-electron chi connectivity index (χ4n) is 3.11. The monoisotopic (exact) mass is 304 g/mol. The molecule has 5 nitrogen and oxygen atoms in total. The van der Waals surface area contributed by atoms with E-state index in [-0.39, 0.29) is 6.09 Å². The summed E-state index contributed by atoms with van der Waals surface area (Å²) < 4.78 is 10.8. The summed E-state index contributed by atoms with van der Waals surface area (Å²) in [6, 6.07) is 9.99. The molecule has 1 amide bonds. The molecule has 0 aromatic heterocycles. The Hall–Kier alpha value is -1.75. The summed E-state index contributed by atoms with van der Waals surface area (Å²) in [6.45, 7) is 5.90. The molecule has 1 aromatic rings. The highest BCUT2D eigenvalue weighted by atomic mass is 16.6. The summed E-state index contributed by atoms with van der Waals surface area (Å²) in [5, 5.41) is 0. The van der Waals surface area contributed by atoms with E-state index < -0.39 is 0 Å². The number of amides is 1. The predicted molar refractivity (Wildman–Crippen MR) is 84.0 cm³/mol. The fraction of sp³-hybridized carbons (Fsp3) is 0.588. The third-order valence-corrected chi connectivity index (χ3v) is 4.36. The van der Waals surface area contributed by atoms with Gasteiger partial charge in [-0.05, 0) is 31.5 Å². The number of likely N-dealkylation sites (tertiary alicyclic amines) is 1. The Kier molecular flexibility index (Phi) is 5.16. The van der Waals surface area contributed by atoms with Gasteiger partial charge in [-0.15, -0.1) is 0 Å². The third kappa shape index (κ3) is 4.13. The first-order valence-corrected chi connectivity index (χ1v) is 8.13. The molecule has 120 valence electrons. The van der Waals surface area contributed by atoms with Crippen molar-refractivity contribution < 1.29 is 14.3 Å². The normalized spacial score (nSPS) is 22.6. The number of rotatable bonds is 6. The van der Waals surface area contributed by atoms with Crippen molar-refractivity contribution in [3.63, 3.8) is 0 Å². The van der Waals surface area contributed by atoms with Gasteiger partial charge in [0.2, 0.25) is 0 Å². The van der Waals surface area contributed by atoms with Crippen LogP contribution in [-0.4, -0.2) is 61.8 Å². The quantitative estimate of drug-likeness (QED) is 0.808. The summed E-state index contributed by atoms with van der Waals surface area (Å²) in [5.74, 6) is 1.51. The number of hydrogen-bond donors (Lipinski definition) is 0. The van der Waals surface area contributed by atoms with Crippen molar-refractivity contribution in [3.8, 4) is 5.75 Å². The van der Waals surface area contributed by atoms with Crippen LogP contribution in [0.25, 0.3) is 0 Å². The Morgan fingerprint density at radius 2 is 2.05 bits per heavy atom. The van der Waals surface area contributed by atoms with Crippen LogP contribution in [0.1, 0.15) is 12.8 Å². The van der Waals surface area contributed by atoms with Gasteiger partial charge < -0.3 is 19.3 Å². The van der Waals surface area contributed by atoms with Crippen molar-refractivity contribution in [2.45, 2.75) is 12.8 Å². The highest BCUT2D eigenvalue weighted by molar-refractivity contribution is 5.69. The molecule has 0 unspecified atom stereocenters. The zero-order chi connectivity index (χ0) is 15.2. The summed E-state index contributed by atoms with van der Waals surface area (Å²) in [4.78, 5) is 15.7. The number of piperidine rings is 1. The summed E-state index contributed by atoms with van der Waals surface area (Å²) in [7, 11) is 0. The minimum atomic E-state index is -0.166. The van der Waals surface area contributed by atoms with Crippen molar-refractivity contribution in [1.29, 1.82) is 0 Å². The molecule has 0 N–H and O–H groups in total. The zero-order valence-corrected chi connectivity index (χ0v) is 12.9. The second-order valence-electron chi connectivity index (χ2n) is 6.03. The van der Waals surface area contributed by atoms with E-state index in [2.05, 4.69) is 4.90 Å². The topological polar surface area (TPSA) is 42.0 Å². The molecular formula is C17H24N2O3. The lowest BCUT2D eigenvalue weighted by atomic mass is 9.99. The zero-order valence-electron chi connectivity index (χ0n) is 12.9. The molecule has 0 aliphatic carbocycles. The van der Waals surface area contributed by atoms with E-state index in [1.165, 1.54) is 12.8 Å². The highest BCUT2D eigenvalue weighted by Crippen LogP contribution is 2.18. The summed E-state index contributed by atoms with van der Waals surface area (Å²) >= 11 is 0. The number of benzene rings is 1. The van der Waals surface area contributed by atoms with Crippen molar-refractivity contribution in [1.82, 2.24) is 9.80 Å². The molecule has 1 atom stereocenters. The molecule has 5 heteroatoms. The molecule has 2 aliphatic heterocycles. The van der Waals surface area contributed by atoms with Crippen LogP contribution in [0.15, 0.2) is 30.3 Å². The molecule has 0 saturated carbocycles. The first kappa shape index (κ1) is 15.2. The Morgan fingerprint density at radius 1 is 1.18 bits per heavy atom. The number of hydrogen-bond acceptors (Lipinski definition) is 4. The van der Waals surface area contributed by atoms with Gasteiger partial charge in [0.25, 0.3) is 0 Å². The first-order chi connectivity index (χ1) is 10.8. The maximum absolute atomic E-state index is 11.4. The van der Waals surface area contributed by atoms with Crippen molar-refractivity contribution >= 4 is 6.09 Å². The van der Waals surface area contributed by atoms with Crippen LogP contribution in [0.5, 0.6) is 5.75 Å². The second kappa shape index (κ2) is 7.49. The minimum Gasteiger partial charge on any atom is -0.493 e. The molecule has 0 bridgehead atoms. The lowest BCUT2D eigenvalue weighted by Gasteiger charge is -2.33. The molecule has 1 aromatic carbocycles. The number of cyclic esters (lactones) is 1. The Balaban J connectivity index is 1.40. The molecule has 3 rings (SSSR count). The van der Waals surface area contributed by atoms with E-state index in [0.29, 0.717) is 12.5 Å². The number of ether oxygens (including phenoxy) is 2. The van der Waals surface area contributed by atoms with Gasteiger partial charge in [0.05, 0.1) is 13.2 Å². The van der Waals surface area contributed by atoms with Gasteiger partial charge in [0.15, 0.2) is 0 Å². The summed E-state index contributed by atoms with van der Waals surface area (Å²) in [6.07, 6.45) is 2.25. The summed E-state index contributed by atoms with van der Waals surface area (Å²) in [5.41, 5.74) is 0. The largest absolute Gasteiger partial charge is 0.493 e. The van der Waals surface area contributed by atoms with Crippen molar-refractivity contribution in [2.75, 3.05) is 45.9 Å². The molecular weight excluding hydrogens is 280 g/mol. The Morgan fingerprint density at radius 3 is 2.82 bits per heavy atom. The SMILES string of the molecule is O=C1OCCN1CCN1CCC[C@@H](COc2ccccc2)C1. The van der Waals surface area contributed by atoms with Crippen LogP contribution >= 0.6 is 0 Å². The van der Waals surface area contributed by atoms with Gasteiger partial charge in [-0.1, -0.05) is 18.2 Å². The van der Waals surface area contributed by atoms with E-state index in [9.17, 15) is 4.79 Å². The van der Waals surface area contributed by atoms with Gasteiger partial charge in [0, 0.05) is 25.6 Å². The van der Waals surface area contributed by atoms with Crippen LogP contribution in [-0.2, 0) is 4.74 Å². The maximum Gasteiger partial charge on any atom is 0.409 e. The number of carbonyl (C=O) groups excluding carboxylic acids is 1. The highest BCUT2D eigenvalue weighted by Gasteiger charge is 2.24. The molecule has 2 heterocycles. The molecule has 2 saturated heterocycles. The van der Waals surface area contributed by atoms with Crippen LogP contribution < -0.4 is 4.74 Å². The third-order valence-electron chi connectivity index (χ3n) is 4.36. The van der Waals surface area contributed by atoms with Crippen LogP contribution in [0, 0.1) is 5.92 Å². The van der Waals surface area contributed by atoms with Gasteiger partial charge in [-0.2, -0.15) is 0 Å². The number of carbonyl (C=O) groups is 1. The number of para-hydroxylation sites is 1. The van der Waals surface area contributed by atoms with Gasteiger partial charge >= 0.3 is 6.09 Å². The van der Waals surface area contributed by atoms with Crippen molar-refractivity contribution in [3.05, 3.63) is 30.3 Å². The van der Waals surface area contributed by atoms with E-state index >= 15 is 0 Å². The predicted octanol–water partition coefficient (Wildman–Crippen LogP) is 2.23. The molecule has 22 heavy (non-hydrogen) atoms. The maximum atomic E-state index is 11.4. The Labute approximate surface area is 131 Å². The van der Waals surface area contributed by atoms with Crippen LogP contribution in [0.3, 0.4) is 0 Å². The molecule has 2 fully saturated rings. The second-order valence-corrected chi connectivity index (χ2v) is 6.03. The van der Waals surface area contributed by atoms with Crippen LogP contribution in [0.4, 0.5) is 4.79 Å². The molecule has 2 aliphatic rings. The van der Waals surface area contributed by atoms with Gasteiger partial charge in [0.1, 0.15) is 12.4 Å². The standard InChI is InChI=1S/C17H24N2O3/c20-17-19(11-12-21-17)10-9-18-8-4-5-15(13-18)14-22-16-6-2-1-3-7-16/h1-3,6-7,15H,4-5,8-14H2/t15-/m1/s1. The molecule has 0 radical (unpaired) electrons. The lowest BCUT2D eigenvalue weighted by molar-refractivity contribution is 0.118. The number of nitrogens with zero attached hydrogens (tertiary/aromatic N) is 2. The smallest absolute Gasteiger partial charge is 0.409 e. The Bertz CT molecular complexity index is 480.